The van der Waals surface area contributed by atoms with Crippen LogP contribution in [0.5, 0.6) is 5.75 Å². The molecule has 3 aromatic rings. The van der Waals surface area contributed by atoms with E-state index in [1.807, 2.05) is 43.0 Å². The highest BCUT2D eigenvalue weighted by Crippen LogP contribution is 2.19. The lowest BCUT2D eigenvalue weighted by Gasteiger charge is -2.36. The van der Waals surface area contributed by atoms with E-state index in [-0.39, 0.29) is 17.6 Å². The summed E-state index contributed by atoms with van der Waals surface area (Å²) < 4.78 is 0. The molecule has 1 aliphatic heterocycles. The summed E-state index contributed by atoms with van der Waals surface area (Å²) in [5, 5.41) is 9.52. The highest BCUT2D eigenvalue weighted by Gasteiger charge is 2.23. The molecule has 1 aliphatic rings. The number of carbonyl (C=O) groups is 2. The van der Waals surface area contributed by atoms with Gasteiger partial charge in [0.1, 0.15) is 5.75 Å². The molecular weight excluding hydrogens is 454 g/mol. The highest BCUT2D eigenvalue weighted by atomic mass is 16.3. The topological polar surface area (TPSA) is 89.9 Å². The monoisotopic (exact) mass is 483 g/mol. The van der Waals surface area contributed by atoms with E-state index in [1.165, 1.54) is 12.3 Å². The second-order valence-corrected chi connectivity index (χ2v) is 8.45. The van der Waals surface area contributed by atoms with Crippen molar-refractivity contribution in [3.8, 4) is 17.6 Å². The fourth-order valence-corrected chi connectivity index (χ4v) is 4.12. The molecule has 0 unspecified atom stereocenters. The average molecular weight is 484 g/mol. The first-order chi connectivity index (χ1) is 17.5. The highest BCUT2D eigenvalue weighted by molar-refractivity contribution is 5.95. The van der Waals surface area contributed by atoms with Gasteiger partial charge in [-0.25, -0.2) is 0 Å². The molecule has 0 bridgehead atoms. The van der Waals surface area contributed by atoms with Crippen LogP contribution in [0.4, 0.5) is 5.69 Å². The maximum atomic E-state index is 13.1. The summed E-state index contributed by atoms with van der Waals surface area (Å²) >= 11 is 0. The third-order valence-electron chi connectivity index (χ3n) is 6.16. The van der Waals surface area contributed by atoms with Gasteiger partial charge >= 0.3 is 0 Å². The van der Waals surface area contributed by atoms with E-state index in [2.05, 4.69) is 26.7 Å². The quantitative estimate of drug-likeness (QED) is 0.561. The predicted octanol–water partition coefficient (Wildman–Crippen LogP) is 3.03. The Morgan fingerprint density at radius 2 is 1.47 bits per heavy atom. The zero-order chi connectivity index (χ0) is 25.5. The number of piperazine rings is 1. The third kappa shape index (κ3) is 5.81. The number of rotatable bonds is 5. The summed E-state index contributed by atoms with van der Waals surface area (Å²) in [6.07, 6.45) is 6.06. The van der Waals surface area contributed by atoms with Crippen LogP contribution in [0.1, 0.15) is 45.7 Å². The number of anilines is 1. The predicted molar refractivity (Wildman–Crippen MR) is 138 cm³/mol. The van der Waals surface area contributed by atoms with Crippen molar-refractivity contribution in [1.29, 1.82) is 0 Å². The molecule has 1 fully saturated rings. The number of hydrogen-bond acceptors (Lipinski definition) is 6. The van der Waals surface area contributed by atoms with Crippen LogP contribution in [0, 0.1) is 11.8 Å². The number of nitrogens with zero attached hydrogens (tertiary/aromatic N) is 5. The van der Waals surface area contributed by atoms with Gasteiger partial charge in [0, 0.05) is 80.2 Å². The van der Waals surface area contributed by atoms with Crippen LogP contribution in [-0.2, 0) is 0 Å². The van der Waals surface area contributed by atoms with Crippen LogP contribution in [0.15, 0.2) is 61.2 Å². The number of pyridine rings is 2. The number of carbonyl (C=O) groups excluding carboxylic acids is 2. The smallest absolute Gasteiger partial charge is 0.255 e. The van der Waals surface area contributed by atoms with Crippen molar-refractivity contribution in [2.75, 3.05) is 44.2 Å². The molecule has 2 aromatic heterocycles. The van der Waals surface area contributed by atoms with Crippen LogP contribution in [-0.4, -0.2) is 76.0 Å². The number of aromatic nitrogens is 2. The Morgan fingerprint density at radius 1 is 0.861 bits per heavy atom. The van der Waals surface area contributed by atoms with Gasteiger partial charge < -0.3 is 19.8 Å². The Balaban J connectivity index is 1.37. The molecule has 3 heterocycles. The third-order valence-corrected chi connectivity index (χ3v) is 6.16. The van der Waals surface area contributed by atoms with Gasteiger partial charge in [0.15, 0.2) is 0 Å². The molecule has 1 saturated heterocycles. The summed E-state index contributed by atoms with van der Waals surface area (Å²) in [4.78, 5) is 39.6. The van der Waals surface area contributed by atoms with E-state index >= 15 is 0 Å². The molecular formula is C28H29N5O3. The fourth-order valence-electron chi connectivity index (χ4n) is 4.12. The minimum absolute atomic E-state index is 0.0427. The van der Waals surface area contributed by atoms with Crippen LogP contribution in [0.2, 0.25) is 0 Å². The van der Waals surface area contributed by atoms with Crippen molar-refractivity contribution in [2.24, 2.45) is 0 Å². The van der Waals surface area contributed by atoms with E-state index in [4.69, 9.17) is 0 Å². The zero-order valence-electron chi connectivity index (χ0n) is 20.5. The Labute approximate surface area is 211 Å². The molecule has 1 aromatic carbocycles. The molecule has 0 saturated carbocycles. The number of amides is 2. The normalized spacial score (nSPS) is 13.1. The molecule has 1 N–H and O–H groups in total. The molecule has 0 radical (unpaired) electrons. The molecule has 0 aliphatic carbocycles. The maximum absolute atomic E-state index is 13.1. The van der Waals surface area contributed by atoms with Gasteiger partial charge in [0.25, 0.3) is 11.8 Å². The molecule has 0 atom stereocenters. The van der Waals surface area contributed by atoms with E-state index in [9.17, 15) is 14.7 Å². The Bertz CT molecular complexity index is 1280. The average Bonchev–Trinajstić information content (AvgIpc) is 2.92. The molecule has 184 valence electrons. The lowest BCUT2D eigenvalue weighted by molar-refractivity contribution is 0.0743. The molecule has 4 rings (SSSR count). The molecule has 2 amide bonds. The standard InChI is InChI=1S/C28H29N5O3/c1-3-31(4-2)27(35)23-7-9-25(10-8-23)32-11-13-33(14-12-32)28(36)24-15-21(17-29-19-24)5-6-22-16-26(34)20-30-18-22/h7-10,15-20,34H,3-4,11-14H2,1-2H3. The van der Waals surface area contributed by atoms with Crippen molar-refractivity contribution in [3.63, 3.8) is 0 Å². The number of hydrogen-bond donors (Lipinski definition) is 1. The van der Waals surface area contributed by atoms with Gasteiger partial charge in [-0.05, 0) is 50.2 Å². The van der Waals surface area contributed by atoms with Crippen molar-refractivity contribution in [3.05, 3.63) is 83.4 Å². The second kappa shape index (κ2) is 11.4. The van der Waals surface area contributed by atoms with Crippen LogP contribution >= 0.6 is 0 Å². The lowest BCUT2D eigenvalue weighted by Crippen LogP contribution is -2.48. The SMILES string of the molecule is CCN(CC)C(=O)c1ccc(N2CCN(C(=O)c3cncc(C#Cc4cncc(O)c4)c3)CC2)cc1. The summed E-state index contributed by atoms with van der Waals surface area (Å²) in [6, 6.07) is 11.0. The minimum atomic E-state index is -0.0787. The zero-order valence-corrected chi connectivity index (χ0v) is 20.5. The summed E-state index contributed by atoms with van der Waals surface area (Å²) in [6.45, 7) is 7.91. The van der Waals surface area contributed by atoms with Gasteiger partial charge in [0.05, 0.1) is 11.8 Å². The molecule has 0 spiro atoms. The fraction of sp³-hybridized carbons (Fsp3) is 0.286. The van der Waals surface area contributed by atoms with Crippen molar-refractivity contribution in [1.82, 2.24) is 19.8 Å². The first kappa shape index (κ1) is 24.7. The van der Waals surface area contributed by atoms with Gasteiger partial charge in [-0.15, -0.1) is 0 Å². The van der Waals surface area contributed by atoms with Gasteiger partial charge in [-0.1, -0.05) is 11.8 Å². The Morgan fingerprint density at radius 3 is 2.08 bits per heavy atom. The maximum Gasteiger partial charge on any atom is 0.255 e. The number of aromatic hydroxyl groups is 1. The van der Waals surface area contributed by atoms with E-state index in [0.717, 1.165) is 5.69 Å². The van der Waals surface area contributed by atoms with Crippen LogP contribution in [0.25, 0.3) is 0 Å². The van der Waals surface area contributed by atoms with Gasteiger partial charge in [0.2, 0.25) is 0 Å². The molecule has 8 nitrogen and oxygen atoms in total. The summed E-state index contributed by atoms with van der Waals surface area (Å²) in [7, 11) is 0. The summed E-state index contributed by atoms with van der Waals surface area (Å²) in [5.41, 5.74) is 3.41. The first-order valence-corrected chi connectivity index (χ1v) is 12.0. The molecule has 8 heteroatoms. The lowest BCUT2D eigenvalue weighted by atomic mass is 10.1. The van der Waals surface area contributed by atoms with E-state index in [1.54, 1.807) is 29.6 Å². The van der Waals surface area contributed by atoms with Crippen molar-refractivity contribution in [2.45, 2.75) is 13.8 Å². The van der Waals surface area contributed by atoms with Gasteiger partial charge in [-0.2, -0.15) is 0 Å². The van der Waals surface area contributed by atoms with Gasteiger partial charge in [-0.3, -0.25) is 19.6 Å². The largest absolute Gasteiger partial charge is 0.506 e. The van der Waals surface area contributed by atoms with E-state index < -0.39 is 0 Å². The Kier molecular flexibility index (Phi) is 7.81. The van der Waals surface area contributed by atoms with Crippen LogP contribution < -0.4 is 4.90 Å². The first-order valence-electron chi connectivity index (χ1n) is 12.0. The Hall–Kier alpha value is -4.38. The summed E-state index contributed by atoms with van der Waals surface area (Å²) in [5.74, 6) is 5.91. The van der Waals surface area contributed by atoms with Crippen molar-refractivity contribution >= 4 is 17.5 Å². The second-order valence-electron chi connectivity index (χ2n) is 8.45. The van der Waals surface area contributed by atoms with Crippen LogP contribution in [0.3, 0.4) is 0 Å². The van der Waals surface area contributed by atoms with Crippen molar-refractivity contribution < 1.29 is 14.7 Å². The van der Waals surface area contributed by atoms with E-state index in [0.29, 0.717) is 61.5 Å². The minimum Gasteiger partial charge on any atom is -0.506 e. The molecule has 36 heavy (non-hydrogen) atoms. The number of benzene rings is 1.